The van der Waals surface area contributed by atoms with E-state index in [1.54, 1.807) is 20.8 Å². The molecular weight excluding hydrogens is 442 g/mol. The molecule has 2 heterocycles. The highest BCUT2D eigenvalue weighted by Crippen LogP contribution is 2.47. The van der Waals surface area contributed by atoms with Crippen molar-refractivity contribution in [2.45, 2.75) is 98.4 Å². The van der Waals surface area contributed by atoms with E-state index in [0.717, 1.165) is 48.9 Å². The van der Waals surface area contributed by atoms with Crippen LogP contribution in [0.1, 0.15) is 84.4 Å². The molecule has 1 saturated carbocycles. The van der Waals surface area contributed by atoms with Crippen molar-refractivity contribution in [2.75, 3.05) is 0 Å². The highest BCUT2D eigenvalue weighted by Gasteiger charge is 2.43. The van der Waals surface area contributed by atoms with Crippen LogP contribution in [0.4, 0.5) is 0 Å². The van der Waals surface area contributed by atoms with Gasteiger partial charge in [-0.15, -0.1) is 0 Å². The van der Waals surface area contributed by atoms with Gasteiger partial charge < -0.3 is 14.9 Å². The van der Waals surface area contributed by atoms with E-state index in [1.165, 1.54) is 0 Å². The van der Waals surface area contributed by atoms with Crippen LogP contribution in [0.25, 0.3) is 6.08 Å². The van der Waals surface area contributed by atoms with Gasteiger partial charge in [0.15, 0.2) is 0 Å². The Bertz CT molecular complexity index is 922. The Morgan fingerprint density at radius 3 is 2.49 bits per heavy atom. The number of fused-ring (bicyclic) bond motifs is 1. The molecule has 0 radical (unpaired) electrons. The number of aromatic nitrogens is 1. The summed E-state index contributed by atoms with van der Waals surface area (Å²) in [5.41, 5.74) is 1.65. The third-order valence-electron chi connectivity index (χ3n) is 8.25. The van der Waals surface area contributed by atoms with Crippen LogP contribution >= 0.6 is 0 Å². The lowest BCUT2D eigenvalue weighted by molar-refractivity contribution is -0.154. The number of Topliss-reactive ketones (excluding diaryl/α,β-unsaturated/α-hetero) is 1. The standard InChI is InChI=1S/C29H43NO5/c1-17-10-11-23(30-16-17)12-19(3)24-14-22-13-21(22)9-7-8-18(2)27(33)20(4)28(34)29(5,6)25(31)15-26(32)35-24/h10-12,16,18,20-22,24-25,27,31,33H,7-9,13-15H2,1-6H3/b19-12+/t18-,20+,21+,22?,24+,25-,27-/m0/s1. The number of carbonyl (C=O) groups is 2. The lowest BCUT2D eigenvalue weighted by Gasteiger charge is -2.34. The number of aryl methyl sites for hydroxylation is 1. The van der Waals surface area contributed by atoms with Gasteiger partial charge in [-0.1, -0.05) is 46.6 Å². The third kappa shape index (κ3) is 7.01. The number of hydrogen-bond acceptors (Lipinski definition) is 6. The molecule has 2 fully saturated rings. The van der Waals surface area contributed by atoms with Crippen molar-refractivity contribution >= 4 is 17.8 Å². The summed E-state index contributed by atoms with van der Waals surface area (Å²) in [6.07, 6.45) is 5.96. The molecule has 0 aromatic carbocycles. The van der Waals surface area contributed by atoms with Crippen molar-refractivity contribution in [1.29, 1.82) is 0 Å². The monoisotopic (exact) mass is 485 g/mol. The number of pyridine rings is 1. The number of ether oxygens (including phenoxy) is 1. The van der Waals surface area contributed by atoms with Crippen LogP contribution in [0.3, 0.4) is 0 Å². The first-order valence-corrected chi connectivity index (χ1v) is 13.1. The Morgan fingerprint density at radius 2 is 1.83 bits per heavy atom. The molecule has 6 heteroatoms. The van der Waals surface area contributed by atoms with E-state index in [-0.39, 0.29) is 24.2 Å². The van der Waals surface area contributed by atoms with Gasteiger partial charge in [-0.25, -0.2) is 0 Å². The fraction of sp³-hybridized carbons (Fsp3) is 0.690. The molecule has 6 nitrogen and oxygen atoms in total. The Balaban J connectivity index is 1.82. The predicted molar refractivity (Wildman–Crippen MR) is 136 cm³/mol. The maximum absolute atomic E-state index is 13.2. The van der Waals surface area contributed by atoms with Gasteiger partial charge in [-0.2, -0.15) is 0 Å². The van der Waals surface area contributed by atoms with Gasteiger partial charge in [-0.3, -0.25) is 14.6 Å². The van der Waals surface area contributed by atoms with Gasteiger partial charge >= 0.3 is 5.97 Å². The summed E-state index contributed by atoms with van der Waals surface area (Å²) in [6, 6.07) is 3.95. The molecule has 0 amide bonds. The summed E-state index contributed by atoms with van der Waals surface area (Å²) < 4.78 is 5.91. The third-order valence-corrected chi connectivity index (χ3v) is 8.25. The lowest BCUT2D eigenvalue weighted by atomic mass is 9.73. The molecule has 1 unspecified atom stereocenters. The molecule has 0 spiro atoms. The van der Waals surface area contributed by atoms with Crippen molar-refractivity contribution in [1.82, 2.24) is 4.98 Å². The Kier molecular flexibility index (Phi) is 8.92. The number of aliphatic hydroxyl groups excluding tert-OH is 2. The van der Waals surface area contributed by atoms with Crippen LogP contribution in [-0.4, -0.2) is 45.3 Å². The molecule has 2 aliphatic rings. The molecule has 3 rings (SSSR count). The second kappa shape index (κ2) is 11.3. The van der Waals surface area contributed by atoms with E-state index in [0.29, 0.717) is 11.8 Å². The molecule has 1 aromatic rings. The van der Waals surface area contributed by atoms with Gasteiger partial charge in [-0.05, 0) is 74.1 Å². The maximum atomic E-state index is 13.2. The van der Waals surface area contributed by atoms with Crippen molar-refractivity contribution in [2.24, 2.45) is 29.1 Å². The van der Waals surface area contributed by atoms with Crippen LogP contribution < -0.4 is 0 Å². The van der Waals surface area contributed by atoms with Crippen LogP contribution in [0.15, 0.2) is 23.9 Å². The molecule has 1 aromatic heterocycles. The Morgan fingerprint density at radius 1 is 1.11 bits per heavy atom. The molecule has 1 saturated heterocycles. The fourth-order valence-corrected chi connectivity index (χ4v) is 5.34. The largest absolute Gasteiger partial charge is 0.458 e. The summed E-state index contributed by atoms with van der Waals surface area (Å²) in [5.74, 6) is -0.271. The first kappa shape index (κ1) is 27.5. The number of esters is 1. The number of cyclic esters (lactones) is 1. The van der Waals surface area contributed by atoms with Gasteiger partial charge in [0.25, 0.3) is 0 Å². The zero-order chi connectivity index (χ0) is 25.9. The van der Waals surface area contributed by atoms with E-state index in [4.69, 9.17) is 4.74 Å². The van der Waals surface area contributed by atoms with Crippen LogP contribution in [0, 0.1) is 36.0 Å². The zero-order valence-electron chi connectivity index (χ0n) is 22.2. The summed E-state index contributed by atoms with van der Waals surface area (Å²) in [7, 11) is 0. The van der Waals surface area contributed by atoms with Crippen molar-refractivity contribution in [3.05, 3.63) is 35.2 Å². The number of hydrogen-bond donors (Lipinski definition) is 2. The first-order valence-electron chi connectivity index (χ1n) is 13.1. The van der Waals surface area contributed by atoms with Gasteiger partial charge in [0.2, 0.25) is 0 Å². The van der Waals surface area contributed by atoms with Gasteiger partial charge in [0, 0.05) is 12.1 Å². The van der Waals surface area contributed by atoms with E-state index >= 15 is 0 Å². The molecule has 7 atom stereocenters. The SMILES string of the molecule is C/C(=C\c1ccc(C)cn1)[C@H]1CC2C[C@H]2CCC[C@H](C)[C@H](O)[C@@H](C)C(=O)C(C)(C)[C@@H](O)CC(=O)O1. The molecule has 1 aliphatic heterocycles. The van der Waals surface area contributed by atoms with Crippen molar-refractivity contribution in [3.8, 4) is 0 Å². The van der Waals surface area contributed by atoms with E-state index in [2.05, 4.69) is 4.98 Å². The average Bonchev–Trinajstić information content (AvgIpc) is 3.55. The topological polar surface area (TPSA) is 96.7 Å². The van der Waals surface area contributed by atoms with Crippen LogP contribution in [0.5, 0.6) is 0 Å². The molecule has 194 valence electrons. The smallest absolute Gasteiger partial charge is 0.309 e. The van der Waals surface area contributed by atoms with Gasteiger partial charge in [0.05, 0.1) is 29.7 Å². The minimum absolute atomic E-state index is 0.00287. The summed E-state index contributed by atoms with van der Waals surface area (Å²) in [4.78, 5) is 30.6. The zero-order valence-corrected chi connectivity index (χ0v) is 22.2. The highest BCUT2D eigenvalue weighted by molar-refractivity contribution is 5.88. The molecule has 0 bridgehead atoms. The summed E-state index contributed by atoms with van der Waals surface area (Å²) >= 11 is 0. The number of carbonyl (C=O) groups excluding carboxylic acids is 2. The van der Waals surface area contributed by atoms with Crippen LogP contribution in [-0.2, 0) is 14.3 Å². The quantitative estimate of drug-likeness (QED) is 0.579. The number of nitrogens with zero attached hydrogens (tertiary/aromatic N) is 1. The van der Waals surface area contributed by atoms with Crippen molar-refractivity contribution < 1.29 is 24.5 Å². The van der Waals surface area contributed by atoms with E-state index in [1.807, 2.05) is 45.2 Å². The number of rotatable bonds is 2. The second-order valence-corrected chi connectivity index (χ2v) is 11.6. The molecule has 35 heavy (non-hydrogen) atoms. The van der Waals surface area contributed by atoms with Crippen LogP contribution in [0.2, 0.25) is 0 Å². The second-order valence-electron chi connectivity index (χ2n) is 11.6. The first-order chi connectivity index (χ1) is 16.4. The minimum Gasteiger partial charge on any atom is -0.458 e. The van der Waals surface area contributed by atoms with Gasteiger partial charge in [0.1, 0.15) is 11.9 Å². The molecule has 1 aliphatic carbocycles. The summed E-state index contributed by atoms with van der Waals surface area (Å²) in [6.45, 7) is 11.0. The van der Waals surface area contributed by atoms with E-state index in [9.17, 15) is 19.8 Å². The Labute approximate surface area is 210 Å². The molecule has 2 N–H and O–H groups in total. The normalized spacial score (nSPS) is 35.2. The predicted octanol–water partition coefficient (Wildman–Crippen LogP) is 4.89. The lowest BCUT2D eigenvalue weighted by Crippen LogP contribution is -2.45. The van der Waals surface area contributed by atoms with E-state index < -0.39 is 29.5 Å². The average molecular weight is 486 g/mol. The number of aliphatic hydroxyl groups is 2. The minimum atomic E-state index is -1.20. The molecular formula is C29H43NO5. The highest BCUT2D eigenvalue weighted by atomic mass is 16.5. The van der Waals surface area contributed by atoms with Crippen molar-refractivity contribution in [3.63, 3.8) is 0 Å². The number of ketones is 1. The Hall–Kier alpha value is -2.05. The summed E-state index contributed by atoms with van der Waals surface area (Å²) in [5, 5.41) is 21.7. The fourth-order valence-electron chi connectivity index (χ4n) is 5.34. The maximum Gasteiger partial charge on any atom is 0.309 e.